The van der Waals surface area contributed by atoms with Gasteiger partial charge in [-0.15, -0.1) is 0 Å². The van der Waals surface area contributed by atoms with E-state index in [0.29, 0.717) is 22.6 Å². The fraction of sp³-hybridized carbons (Fsp3) is 0.370. The maximum atomic E-state index is 11.5. The van der Waals surface area contributed by atoms with Gasteiger partial charge in [0.25, 0.3) is 0 Å². The van der Waals surface area contributed by atoms with Crippen molar-refractivity contribution in [3.05, 3.63) is 130 Å². The molecule has 0 fully saturated rings. The number of benzene rings is 6. The lowest BCUT2D eigenvalue weighted by Gasteiger charge is -2.24. The fourth-order valence-electron chi connectivity index (χ4n) is 7.74. The largest absolute Gasteiger partial charge is 0.507 e. The van der Waals surface area contributed by atoms with Gasteiger partial charge in [-0.2, -0.15) is 0 Å². The molecule has 0 bridgehead atoms. The van der Waals surface area contributed by atoms with Crippen LogP contribution < -0.4 is 9.47 Å². The van der Waals surface area contributed by atoms with E-state index in [1.165, 1.54) is 0 Å². The average Bonchev–Trinajstić information content (AvgIpc) is 3.22. The van der Waals surface area contributed by atoms with Crippen molar-refractivity contribution in [2.45, 2.75) is 105 Å². The first-order valence-electron chi connectivity index (χ1n) is 21.7. The number of rotatable bonds is 15. The quantitative estimate of drug-likeness (QED) is 0.0764. The number of fused-ring (bicyclic) bond motifs is 2. The molecule has 2 atom stereocenters. The summed E-state index contributed by atoms with van der Waals surface area (Å²) in [5.74, 6) is 1.95. The third-order valence-electron chi connectivity index (χ3n) is 11.6. The van der Waals surface area contributed by atoms with Gasteiger partial charge in [0.1, 0.15) is 36.2 Å². The van der Waals surface area contributed by atoms with Gasteiger partial charge < -0.3 is 29.9 Å². The third kappa shape index (κ3) is 10.3. The molecule has 4 N–H and O–H groups in total. The lowest BCUT2D eigenvalue weighted by atomic mass is 9.84. The zero-order valence-electron chi connectivity index (χ0n) is 38.0. The second-order valence-corrected chi connectivity index (χ2v) is 19.1. The van der Waals surface area contributed by atoms with Crippen molar-refractivity contribution in [3.8, 4) is 34.1 Å². The summed E-state index contributed by atoms with van der Waals surface area (Å²) < 4.78 is 13.7. The molecule has 0 amide bonds. The third-order valence-corrected chi connectivity index (χ3v) is 11.6. The fourth-order valence-corrected chi connectivity index (χ4v) is 7.74. The highest BCUT2D eigenvalue weighted by molar-refractivity contribution is 6.09. The van der Waals surface area contributed by atoms with Gasteiger partial charge in [0.15, 0.2) is 0 Å². The normalized spacial score (nSPS) is 13.6. The summed E-state index contributed by atoms with van der Waals surface area (Å²) in [6.07, 6.45) is 3.34. The molecule has 8 nitrogen and oxygen atoms in total. The number of phenols is 2. The molecule has 6 aromatic rings. The van der Waals surface area contributed by atoms with E-state index in [-0.39, 0.29) is 72.7 Å². The second kappa shape index (κ2) is 19.1. The molecule has 0 aliphatic rings. The SMILES string of the molecule is CC(C)[C@@H](CO)N=Cc1cc(COc2ccc3ccccc3c2-c2c(OCc3cc(C=N[C@H](CO)C(C)C)c(O)c(C(C)(C)C)c3)ccc3ccccc23)cc(C(C)(C)C)c1O. The zero-order chi connectivity index (χ0) is 44.9. The summed E-state index contributed by atoms with van der Waals surface area (Å²) in [5.41, 5.74) is 5.50. The van der Waals surface area contributed by atoms with Gasteiger partial charge in [0.05, 0.1) is 25.3 Å². The monoisotopic (exact) mass is 836 g/mol. The van der Waals surface area contributed by atoms with Crippen molar-refractivity contribution in [2.24, 2.45) is 21.8 Å². The van der Waals surface area contributed by atoms with Crippen LogP contribution in [-0.4, -0.2) is 58.2 Å². The van der Waals surface area contributed by atoms with Crippen LogP contribution in [-0.2, 0) is 24.0 Å². The van der Waals surface area contributed by atoms with Crippen molar-refractivity contribution in [2.75, 3.05) is 13.2 Å². The number of aliphatic hydroxyl groups is 2. The maximum Gasteiger partial charge on any atom is 0.128 e. The average molecular weight is 837 g/mol. The highest BCUT2D eigenvalue weighted by Crippen LogP contribution is 2.46. The maximum absolute atomic E-state index is 11.5. The first kappa shape index (κ1) is 45.8. The lowest BCUT2D eigenvalue weighted by molar-refractivity contribution is 0.240. The molecule has 0 radical (unpaired) electrons. The molecule has 0 aliphatic carbocycles. The van der Waals surface area contributed by atoms with Crippen LogP contribution in [0.3, 0.4) is 0 Å². The Labute approximate surface area is 367 Å². The summed E-state index contributed by atoms with van der Waals surface area (Å²) in [5, 5.41) is 46.9. The van der Waals surface area contributed by atoms with Gasteiger partial charge in [0, 0.05) is 45.8 Å². The van der Waals surface area contributed by atoms with Crippen molar-refractivity contribution in [1.82, 2.24) is 0 Å². The lowest BCUT2D eigenvalue weighted by Crippen LogP contribution is -2.18. The predicted octanol–water partition coefficient (Wildman–Crippen LogP) is 11.7. The Morgan fingerprint density at radius 3 is 1.24 bits per heavy atom. The second-order valence-electron chi connectivity index (χ2n) is 19.1. The van der Waals surface area contributed by atoms with E-state index in [2.05, 4.69) is 87.9 Å². The van der Waals surface area contributed by atoms with E-state index in [9.17, 15) is 20.4 Å². The Kier molecular flexibility index (Phi) is 14.1. The first-order chi connectivity index (χ1) is 29.4. The van der Waals surface area contributed by atoms with Crippen LogP contribution >= 0.6 is 0 Å². The molecule has 326 valence electrons. The van der Waals surface area contributed by atoms with Crippen LogP contribution in [0.25, 0.3) is 32.7 Å². The van der Waals surface area contributed by atoms with Gasteiger partial charge >= 0.3 is 0 Å². The van der Waals surface area contributed by atoms with E-state index in [1.54, 1.807) is 12.4 Å². The van der Waals surface area contributed by atoms with Crippen LogP contribution in [0.1, 0.15) is 103 Å². The Hall–Kier alpha value is -5.70. The van der Waals surface area contributed by atoms with E-state index in [1.807, 2.05) is 88.4 Å². The van der Waals surface area contributed by atoms with E-state index >= 15 is 0 Å². The van der Waals surface area contributed by atoms with Gasteiger partial charge in [-0.1, -0.05) is 130 Å². The molecular weight excluding hydrogens is 773 g/mol. The molecule has 6 rings (SSSR count). The minimum absolute atomic E-state index is 0.0819. The van der Waals surface area contributed by atoms with Gasteiger partial charge in [0.2, 0.25) is 0 Å². The molecule has 6 aromatic carbocycles. The van der Waals surface area contributed by atoms with Crippen molar-refractivity contribution in [3.63, 3.8) is 0 Å². The van der Waals surface area contributed by atoms with E-state index < -0.39 is 0 Å². The van der Waals surface area contributed by atoms with Crippen LogP contribution in [0.4, 0.5) is 0 Å². The topological polar surface area (TPSA) is 124 Å². The smallest absolute Gasteiger partial charge is 0.128 e. The Balaban J connectivity index is 1.46. The van der Waals surface area contributed by atoms with Crippen LogP contribution in [0.2, 0.25) is 0 Å². The van der Waals surface area contributed by atoms with Gasteiger partial charge in [-0.25, -0.2) is 0 Å². The summed E-state index contributed by atoms with van der Waals surface area (Å²) in [6.45, 7) is 20.7. The Morgan fingerprint density at radius 1 is 0.532 bits per heavy atom. The molecule has 62 heavy (non-hydrogen) atoms. The number of hydrogen-bond acceptors (Lipinski definition) is 8. The molecule has 0 heterocycles. The molecule has 8 heteroatoms. The number of phenolic OH excluding ortho intramolecular Hbond substituents is 2. The van der Waals surface area contributed by atoms with E-state index in [0.717, 1.165) is 54.9 Å². The molecule has 0 saturated carbocycles. The number of nitrogens with zero attached hydrogens (tertiary/aromatic N) is 2. The Morgan fingerprint density at radius 2 is 0.903 bits per heavy atom. The number of aliphatic imine (C=N–C) groups is 2. The molecule has 0 saturated heterocycles. The molecule has 0 unspecified atom stereocenters. The van der Waals surface area contributed by atoms with Gasteiger partial charge in [-0.3, -0.25) is 9.98 Å². The zero-order valence-corrected chi connectivity index (χ0v) is 38.0. The highest BCUT2D eigenvalue weighted by atomic mass is 16.5. The summed E-state index contributed by atoms with van der Waals surface area (Å²) >= 11 is 0. The number of aromatic hydroxyl groups is 2. The minimum Gasteiger partial charge on any atom is -0.507 e. The van der Waals surface area contributed by atoms with Crippen molar-refractivity contribution < 1.29 is 29.9 Å². The Bertz CT molecular complexity index is 2400. The number of hydrogen-bond donors (Lipinski definition) is 4. The predicted molar refractivity (Wildman–Crippen MR) is 256 cm³/mol. The standard InChI is InChI=1S/C54H64N2O6/c1-33(2)45(29-57)55-27-39-23-35(25-43(51(39)59)53(5,6)7)31-61-47-21-19-37-15-11-13-17-41(37)49(47)50-42-18-14-12-16-38(42)20-22-48(50)62-32-36-24-40(28-56-46(30-58)34(3)4)52(60)44(26-36)54(8,9)10/h11-28,33-34,45-46,57-60H,29-32H2,1-10H3/t45-,46-/m1/s1. The molecule has 0 spiro atoms. The number of ether oxygens (including phenoxy) is 2. The summed E-state index contributed by atoms with van der Waals surface area (Å²) in [6, 6.07) is 32.0. The summed E-state index contributed by atoms with van der Waals surface area (Å²) in [7, 11) is 0. The van der Waals surface area contributed by atoms with Crippen LogP contribution in [0, 0.1) is 11.8 Å². The van der Waals surface area contributed by atoms with Gasteiger partial charge in [-0.05, 0) is 91.7 Å². The first-order valence-corrected chi connectivity index (χ1v) is 21.7. The summed E-state index contributed by atoms with van der Waals surface area (Å²) in [4.78, 5) is 9.31. The minimum atomic E-state index is -0.366. The van der Waals surface area contributed by atoms with Crippen molar-refractivity contribution >= 4 is 34.0 Å². The van der Waals surface area contributed by atoms with E-state index in [4.69, 9.17) is 9.47 Å². The highest BCUT2D eigenvalue weighted by Gasteiger charge is 2.25. The molecule has 0 aromatic heterocycles. The van der Waals surface area contributed by atoms with Crippen molar-refractivity contribution in [1.29, 1.82) is 0 Å². The number of aliphatic hydroxyl groups excluding tert-OH is 2. The van der Waals surface area contributed by atoms with Crippen LogP contribution in [0.5, 0.6) is 23.0 Å². The molecule has 0 aliphatic heterocycles. The van der Waals surface area contributed by atoms with Crippen LogP contribution in [0.15, 0.2) is 107 Å². The molecular formula is C54H64N2O6.